The van der Waals surface area contributed by atoms with E-state index in [1.807, 2.05) is 31.2 Å². The topological polar surface area (TPSA) is 72.6 Å². The van der Waals surface area contributed by atoms with E-state index in [1.54, 1.807) is 35.4 Å². The molecule has 0 radical (unpaired) electrons. The number of aryl methyl sites for hydroxylation is 1. The molecule has 6 nitrogen and oxygen atoms in total. The van der Waals surface area contributed by atoms with E-state index in [0.29, 0.717) is 30.1 Å². The van der Waals surface area contributed by atoms with Crippen LogP contribution in [0.4, 0.5) is 0 Å². The summed E-state index contributed by atoms with van der Waals surface area (Å²) in [5.74, 6) is 0.818. The summed E-state index contributed by atoms with van der Waals surface area (Å²) in [5, 5.41) is 0. The largest absolute Gasteiger partial charge is 0.486 e. The van der Waals surface area contributed by atoms with Gasteiger partial charge in [-0.1, -0.05) is 23.8 Å². The van der Waals surface area contributed by atoms with Crippen LogP contribution >= 0.6 is 0 Å². The Labute approximate surface area is 175 Å². The Kier molecular flexibility index (Phi) is 5.93. The summed E-state index contributed by atoms with van der Waals surface area (Å²) >= 11 is 0. The number of rotatable bonds is 6. The summed E-state index contributed by atoms with van der Waals surface area (Å²) in [6.45, 7) is 3.19. The van der Waals surface area contributed by atoms with Crippen LogP contribution in [0.15, 0.2) is 65.4 Å². The van der Waals surface area contributed by atoms with Crippen molar-refractivity contribution in [3.05, 3.63) is 83.6 Å². The van der Waals surface area contributed by atoms with Crippen molar-refractivity contribution in [1.29, 1.82) is 0 Å². The number of aromatic nitrogens is 1. The highest BCUT2D eigenvalue weighted by Gasteiger charge is 2.31. The van der Waals surface area contributed by atoms with Crippen LogP contribution in [0, 0.1) is 12.8 Å². The molecular weight excluding hydrogens is 380 g/mol. The lowest BCUT2D eigenvalue weighted by molar-refractivity contribution is 0.0631. The minimum Gasteiger partial charge on any atom is -0.486 e. The Hall–Kier alpha value is -3.41. The van der Waals surface area contributed by atoms with Gasteiger partial charge in [-0.3, -0.25) is 14.6 Å². The van der Waals surface area contributed by atoms with Gasteiger partial charge in [0, 0.05) is 25.2 Å². The van der Waals surface area contributed by atoms with Crippen LogP contribution in [-0.4, -0.2) is 34.7 Å². The Bertz CT molecular complexity index is 1010. The third-order valence-corrected chi connectivity index (χ3v) is 5.36. The molecule has 1 unspecified atom stereocenters. The Morgan fingerprint density at radius 1 is 1.17 bits per heavy atom. The molecule has 6 heteroatoms. The standard InChI is InChI=1S/C24H24N2O4/c1-17-7-9-19(10-8-17)30-16-22-20(11-14-29-22)24(28)26-13-4-5-18(15-26)23(27)21-6-2-3-12-25-21/h2-3,6-12,14,18H,4-5,13,15-16H2,1H3. The van der Waals surface area contributed by atoms with Crippen molar-refractivity contribution in [3.8, 4) is 5.75 Å². The number of likely N-dealkylation sites (tertiary alicyclic amines) is 1. The number of ketones is 1. The zero-order valence-electron chi connectivity index (χ0n) is 16.9. The lowest BCUT2D eigenvalue weighted by Gasteiger charge is -2.31. The molecule has 2 aromatic heterocycles. The van der Waals surface area contributed by atoms with Gasteiger partial charge >= 0.3 is 0 Å². The first-order valence-corrected chi connectivity index (χ1v) is 10.1. The highest BCUT2D eigenvalue weighted by atomic mass is 16.5. The van der Waals surface area contributed by atoms with Gasteiger partial charge in [0.2, 0.25) is 0 Å². The van der Waals surface area contributed by atoms with Gasteiger partial charge < -0.3 is 14.1 Å². The molecular formula is C24H24N2O4. The van der Waals surface area contributed by atoms with Crippen LogP contribution in [-0.2, 0) is 6.61 Å². The Morgan fingerprint density at radius 2 is 2.00 bits per heavy atom. The molecule has 0 spiro atoms. The van der Waals surface area contributed by atoms with E-state index in [-0.39, 0.29) is 24.2 Å². The normalized spacial score (nSPS) is 16.3. The maximum absolute atomic E-state index is 13.1. The van der Waals surface area contributed by atoms with E-state index in [2.05, 4.69) is 4.98 Å². The highest BCUT2D eigenvalue weighted by molar-refractivity contribution is 5.98. The number of benzene rings is 1. The molecule has 3 heterocycles. The van der Waals surface area contributed by atoms with Crippen molar-refractivity contribution < 1.29 is 18.7 Å². The van der Waals surface area contributed by atoms with Gasteiger partial charge in [0.1, 0.15) is 18.1 Å². The summed E-state index contributed by atoms with van der Waals surface area (Å²) < 4.78 is 11.3. The van der Waals surface area contributed by atoms with Crippen molar-refractivity contribution in [3.63, 3.8) is 0 Å². The van der Waals surface area contributed by atoms with Crippen LogP contribution in [0.1, 0.15) is 45.0 Å². The Balaban J connectivity index is 1.42. The van der Waals surface area contributed by atoms with Crippen molar-refractivity contribution in [2.24, 2.45) is 5.92 Å². The first-order chi connectivity index (χ1) is 14.6. The summed E-state index contributed by atoms with van der Waals surface area (Å²) in [6.07, 6.45) is 4.66. The fourth-order valence-electron chi connectivity index (χ4n) is 3.69. The molecule has 30 heavy (non-hydrogen) atoms. The molecule has 1 amide bonds. The molecule has 0 bridgehead atoms. The minimum atomic E-state index is -0.239. The fraction of sp³-hybridized carbons (Fsp3) is 0.292. The van der Waals surface area contributed by atoms with Gasteiger partial charge in [-0.15, -0.1) is 0 Å². The molecule has 4 rings (SSSR count). The van der Waals surface area contributed by atoms with Crippen LogP contribution < -0.4 is 4.74 Å². The van der Waals surface area contributed by atoms with Crippen LogP contribution in [0.5, 0.6) is 5.75 Å². The van der Waals surface area contributed by atoms with Gasteiger partial charge in [-0.2, -0.15) is 0 Å². The molecule has 1 aromatic carbocycles. The smallest absolute Gasteiger partial charge is 0.257 e. The van der Waals surface area contributed by atoms with Gasteiger partial charge in [-0.25, -0.2) is 0 Å². The molecule has 1 fully saturated rings. The summed E-state index contributed by atoms with van der Waals surface area (Å²) in [5.41, 5.74) is 2.08. The molecule has 0 N–H and O–H groups in total. The van der Waals surface area contributed by atoms with Gasteiger partial charge in [-0.05, 0) is 50.1 Å². The predicted molar refractivity (Wildman–Crippen MR) is 111 cm³/mol. The number of ether oxygens (including phenoxy) is 1. The third-order valence-electron chi connectivity index (χ3n) is 5.36. The number of pyridine rings is 1. The summed E-state index contributed by atoms with van der Waals surface area (Å²) in [4.78, 5) is 31.8. The quantitative estimate of drug-likeness (QED) is 0.573. The molecule has 1 aliphatic heterocycles. The van der Waals surface area contributed by atoms with Gasteiger partial charge in [0.05, 0.1) is 11.8 Å². The number of Topliss-reactive ketones (excluding diaryl/α,β-unsaturated/α-hetero) is 1. The van der Waals surface area contributed by atoms with Crippen LogP contribution in [0.3, 0.4) is 0 Å². The van der Waals surface area contributed by atoms with Gasteiger partial charge in [0.15, 0.2) is 11.5 Å². The van der Waals surface area contributed by atoms with E-state index in [9.17, 15) is 9.59 Å². The SMILES string of the molecule is Cc1ccc(OCc2occc2C(=O)N2CCCC(C(=O)c3ccccn3)C2)cc1. The number of hydrogen-bond acceptors (Lipinski definition) is 5. The number of piperidine rings is 1. The average Bonchev–Trinajstić information content (AvgIpc) is 3.27. The number of carbonyl (C=O) groups excluding carboxylic acids is 2. The molecule has 3 aromatic rings. The van der Waals surface area contributed by atoms with E-state index in [1.165, 1.54) is 6.26 Å². The van der Waals surface area contributed by atoms with Crippen LogP contribution in [0.2, 0.25) is 0 Å². The van der Waals surface area contributed by atoms with E-state index in [4.69, 9.17) is 9.15 Å². The predicted octanol–water partition coefficient (Wildman–Crippen LogP) is 4.30. The van der Waals surface area contributed by atoms with Crippen LogP contribution in [0.25, 0.3) is 0 Å². The monoisotopic (exact) mass is 404 g/mol. The maximum atomic E-state index is 13.1. The number of amides is 1. The average molecular weight is 404 g/mol. The lowest BCUT2D eigenvalue weighted by atomic mass is 9.91. The number of carbonyl (C=O) groups is 2. The number of furan rings is 1. The summed E-state index contributed by atoms with van der Waals surface area (Å²) in [6, 6.07) is 14.7. The zero-order chi connectivity index (χ0) is 20.9. The molecule has 1 aliphatic rings. The zero-order valence-corrected chi connectivity index (χ0v) is 16.9. The third kappa shape index (κ3) is 4.43. The molecule has 0 saturated carbocycles. The van der Waals surface area contributed by atoms with Crippen molar-refractivity contribution in [1.82, 2.24) is 9.88 Å². The van der Waals surface area contributed by atoms with E-state index in [0.717, 1.165) is 24.2 Å². The second-order valence-corrected chi connectivity index (χ2v) is 7.53. The molecule has 1 atom stereocenters. The van der Waals surface area contributed by atoms with Crippen molar-refractivity contribution in [2.45, 2.75) is 26.4 Å². The molecule has 0 aliphatic carbocycles. The van der Waals surface area contributed by atoms with E-state index < -0.39 is 0 Å². The van der Waals surface area contributed by atoms with Crippen molar-refractivity contribution in [2.75, 3.05) is 13.1 Å². The number of hydrogen-bond donors (Lipinski definition) is 0. The maximum Gasteiger partial charge on any atom is 0.257 e. The second kappa shape index (κ2) is 8.95. The Morgan fingerprint density at radius 3 is 2.77 bits per heavy atom. The first kappa shape index (κ1) is 19.9. The lowest BCUT2D eigenvalue weighted by Crippen LogP contribution is -2.42. The molecule has 154 valence electrons. The minimum absolute atomic E-state index is 0.0109. The fourth-order valence-corrected chi connectivity index (χ4v) is 3.69. The van der Waals surface area contributed by atoms with Gasteiger partial charge in [0.25, 0.3) is 5.91 Å². The highest BCUT2D eigenvalue weighted by Crippen LogP contribution is 2.24. The van der Waals surface area contributed by atoms with Crippen molar-refractivity contribution >= 4 is 11.7 Å². The summed E-state index contributed by atoms with van der Waals surface area (Å²) in [7, 11) is 0. The first-order valence-electron chi connectivity index (χ1n) is 10.1. The molecule has 1 saturated heterocycles. The number of nitrogens with zero attached hydrogens (tertiary/aromatic N) is 2. The second-order valence-electron chi connectivity index (χ2n) is 7.53. The van der Waals surface area contributed by atoms with E-state index >= 15 is 0 Å².